The summed E-state index contributed by atoms with van der Waals surface area (Å²) in [7, 11) is 0. The van der Waals surface area contributed by atoms with Crippen molar-refractivity contribution >= 4 is 0 Å². The van der Waals surface area contributed by atoms with E-state index in [4.69, 9.17) is 0 Å². The molecule has 0 radical (unpaired) electrons. The Hall–Kier alpha value is -3.52. The molecule has 0 bridgehead atoms. The Morgan fingerprint density at radius 2 is 0.878 bits per heavy atom. The first kappa shape index (κ1) is 38.3. The van der Waals surface area contributed by atoms with Crippen LogP contribution in [0.1, 0.15) is 150 Å². The van der Waals surface area contributed by atoms with Gasteiger partial charge in [0.05, 0.1) is 0 Å². The van der Waals surface area contributed by atoms with Gasteiger partial charge in [0.15, 0.2) is 0 Å². The van der Waals surface area contributed by atoms with Crippen LogP contribution in [0.4, 0.5) is 0 Å². The molecule has 0 aliphatic heterocycles. The van der Waals surface area contributed by atoms with Gasteiger partial charge in [0.25, 0.3) is 0 Å². The fourth-order valence-electron chi connectivity index (χ4n) is 7.99. The molecule has 4 unspecified atom stereocenters. The fraction of sp³-hybridized carbons (Fsp3) is 0.489. The molecule has 2 nitrogen and oxygen atoms in total. The van der Waals surface area contributed by atoms with Crippen molar-refractivity contribution in [2.24, 2.45) is 11.8 Å². The highest BCUT2D eigenvalue weighted by atomic mass is 16.3. The topological polar surface area (TPSA) is 40.5 Å². The lowest BCUT2D eigenvalue weighted by Gasteiger charge is -2.24. The Balaban J connectivity index is 1.23. The van der Waals surface area contributed by atoms with Gasteiger partial charge in [-0.1, -0.05) is 164 Å². The molecule has 0 heterocycles. The van der Waals surface area contributed by atoms with Gasteiger partial charge >= 0.3 is 0 Å². The molecule has 0 aromatic heterocycles. The maximum absolute atomic E-state index is 10.7. The molecule has 4 aromatic rings. The van der Waals surface area contributed by atoms with Crippen LogP contribution in [0.25, 0.3) is 0 Å². The maximum Gasteiger partial charge on any atom is 0.119 e. The maximum atomic E-state index is 10.7. The second-order valence-electron chi connectivity index (χ2n) is 14.8. The number of hydrogen-bond acceptors (Lipinski definition) is 2. The predicted octanol–water partition coefficient (Wildman–Crippen LogP) is 13.3. The van der Waals surface area contributed by atoms with Crippen LogP contribution in [0, 0.1) is 11.8 Å². The van der Waals surface area contributed by atoms with Crippen LogP contribution in [0.15, 0.2) is 97.1 Å². The summed E-state index contributed by atoms with van der Waals surface area (Å²) in [6, 6.07) is 34.1. The van der Waals surface area contributed by atoms with Crippen LogP contribution in [-0.4, -0.2) is 10.2 Å². The van der Waals surface area contributed by atoms with Gasteiger partial charge in [0.1, 0.15) is 11.5 Å². The van der Waals surface area contributed by atoms with E-state index in [9.17, 15) is 10.2 Å². The number of rotatable bonds is 22. The lowest BCUT2D eigenvalue weighted by molar-refractivity contribution is 0.367. The molecule has 2 heteroatoms. The molecular formula is C47H64O2. The highest BCUT2D eigenvalue weighted by molar-refractivity contribution is 5.44. The van der Waals surface area contributed by atoms with Crippen LogP contribution in [-0.2, 0) is 19.3 Å². The first-order valence-electron chi connectivity index (χ1n) is 19.6. The minimum atomic E-state index is 0.317. The van der Waals surface area contributed by atoms with Crippen molar-refractivity contribution in [3.8, 4) is 11.5 Å². The SMILES string of the molecule is CCCC(CCCCCc1ccc(O)c(Cc2cc(CCCCCC(CCC)C(C)c3ccccc3)ccc2O)c1)C(C)c1ccccc1. The minimum Gasteiger partial charge on any atom is -0.508 e. The number of hydrogen-bond donors (Lipinski definition) is 2. The van der Waals surface area contributed by atoms with Crippen molar-refractivity contribution in [1.29, 1.82) is 0 Å². The number of benzene rings is 4. The third-order valence-electron chi connectivity index (χ3n) is 11.1. The summed E-state index contributed by atoms with van der Waals surface area (Å²) < 4.78 is 0. The molecule has 264 valence electrons. The highest BCUT2D eigenvalue weighted by Crippen LogP contribution is 2.34. The van der Waals surface area contributed by atoms with Crippen molar-refractivity contribution in [1.82, 2.24) is 0 Å². The van der Waals surface area contributed by atoms with Crippen molar-refractivity contribution < 1.29 is 10.2 Å². The molecule has 49 heavy (non-hydrogen) atoms. The van der Waals surface area contributed by atoms with E-state index >= 15 is 0 Å². The van der Waals surface area contributed by atoms with Crippen molar-refractivity contribution in [2.45, 2.75) is 136 Å². The fourth-order valence-corrected chi connectivity index (χ4v) is 7.99. The Labute approximate surface area is 299 Å². The minimum absolute atomic E-state index is 0.317. The molecule has 4 atom stereocenters. The Bertz CT molecular complexity index is 1360. The molecule has 4 rings (SSSR count). The van der Waals surface area contributed by atoms with Crippen molar-refractivity contribution in [2.75, 3.05) is 0 Å². The summed E-state index contributed by atoms with van der Waals surface area (Å²) in [5, 5.41) is 21.5. The zero-order valence-electron chi connectivity index (χ0n) is 31.0. The Kier molecular flexibility index (Phi) is 16.3. The highest BCUT2D eigenvalue weighted by Gasteiger charge is 2.19. The van der Waals surface area contributed by atoms with Gasteiger partial charge in [-0.3, -0.25) is 0 Å². The molecular weight excluding hydrogens is 597 g/mol. The molecule has 2 N–H and O–H groups in total. The van der Waals surface area contributed by atoms with Gasteiger partial charge in [-0.15, -0.1) is 0 Å². The van der Waals surface area contributed by atoms with Crippen LogP contribution < -0.4 is 0 Å². The van der Waals surface area contributed by atoms with Crippen LogP contribution in [0.3, 0.4) is 0 Å². The Morgan fingerprint density at radius 1 is 0.469 bits per heavy atom. The lowest BCUT2D eigenvalue weighted by Crippen LogP contribution is -2.10. The van der Waals surface area contributed by atoms with E-state index in [2.05, 4.69) is 113 Å². The van der Waals surface area contributed by atoms with E-state index in [0.717, 1.165) is 48.6 Å². The molecule has 0 amide bonds. The average molecular weight is 661 g/mol. The lowest BCUT2D eigenvalue weighted by atomic mass is 9.81. The van der Waals surface area contributed by atoms with Gasteiger partial charge in [-0.25, -0.2) is 0 Å². The molecule has 4 aromatic carbocycles. The monoisotopic (exact) mass is 660 g/mol. The summed E-state index contributed by atoms with van der Waals surface area (Å²) in [5.41, 5.74) is 7.28. The van der Waals surface area contributed by atoms with Gasteiger partial charge in [-0.05, 0) is 108 Å². The normalized spacial score (nSPS) is 14.0. The standard InChI is InChI=1S/C47H64O2/c1-5-19-40(36(3)42-25-15-9-16-26-42)23-13-7-11-21-38-29-31-46(48)44(33-38)35-45-34-39(30-32-47(45)49)22-12-8-14-24-41(20-6-2)37(4)43-27-17-10-18-28-43/h9-10,15-18,25-34,36-37,40-41,48-49H,5-8,11-14,19-24,35H2,1-4H3. The van der Waals surface area contributed by atoms with E-state index in [1.165, 1.54) is 86.5 Å². The predicted molar refractivity (Wildman–Crippen MR) is 210 cm³/mol. The van der Waals surface area contributed by atoms with E-state index in [0.29, 0.717) is 29.8 Å². The quantitative estimate of drug-likeness (QED) is 0.0824. The van der Waals surface area contributed by atoms with E-state index in [1.807, 2.05) is 12.1 Å². The third kappa shape index (κ3) is 12.4. The number of phenolic OH excluding ortho intramolecular Hbond substituents is 2. The second kappa shape index (κ2) is 20.9. The molecule has 0 aliphatic carbocycles. The number of phenols is 2. The zero-order chi connectivity index (χ0) is 34.8. The van der Waals surface area contributed by atoms with Gasteiger partial charge in [0.2, 0.25) is 0 Å². The van der Waals surface area contributed by atoms with Gasteiger partial charge in [-0.2, -0.15) is 0 Å². The van der Waals surface area contributed by atoms with Crippen LogP contribution in [0.2, 0.25) is 0 Å². The molecule has 0 spiro atoms. The van der Waals surface area contributed by atoms with Crippen molar-refractivity contribution in [3.63, 3.8) is 0 Å². The van der Waals surface area contributed by atoms with Gasteiger partial charge in [0, 0.05) is 6.42 Å². The first-order valence-corrected chi connectivity index (χ1v) is 19.6. The Morgan fingerprint density at radius 3 is 1.27 bits per heavy atom. The van der Waals surface area contributed by atoms with Crippen molar-refractivity contribution in [3.05, 3.63) is 130 Å². The summed E-state index contributed by atoms with van der Waals surface area (Å²) in [6.45, 7) is 9.42. The second-order valence-corrected chi connectivity index (χ2v) is 14.8. The summed E-state index contributed by atoms with van der Waals surface area (Å²) in [4.78, 5) is 0. The number of aryl methyl sites for hydroxylation is 2. The van der Waals surface area contributed by atoms with Crippen LogP contribution >= 0.6 is 0 Å². The largest absolute Gasteiger partial charge is 0.508 e. The number of unbranched alkanes of at least 4 members (excludes halogenated alkanes) is 4. The van der Waals surface area contributed by atoms with E-state index < -0.39 is 0 Å². The smallest absolute Gasteiger partial charge is 0.119 e. The van der Waals surface area contributed by atoms with Gasteiger partial charge < -0.3 is 10.2 Å². The molecule has 0 saturated heterocycles. The third-order valence-corrected chi connectivity index (χ3v) is 11.1. The summed E-state index contributed by atoms with van der Waals surface area (Å²) in [5.74, 6) is 3.32. The first-order chi connectivity index (χ1) is 23.9. The zero-order valence-corrected chi connectivity index (χ0v) is 31.0. The summed E-state index contributed by atoms with van der Waals surface area (Å²) >= 11 is 0. The van der Waals surface area contributed by atoms with E-state index in [-0.39, 0.29) is 0 Å². The number of aromatic hydroxyl groups is 2. The summed E-state index contributed by atoms with van der Waals surface area (Å²) in [6.07, 6.45) is 17.5. The average Bonchev–Trinajstić information content (AvgIpc) is 3.13. The molecule has 0 aliphatic rings. The molecule has 0 saturated carbocycles. The molecule has 0 fully saturated rings. The van der Waals surface area contributed by atoms with E-state index in [1.54, 1.807) is 0 Å². The van der Waals surface area contributed by atoms with Crippen LogP contribution in [0.5, 0.6) is 11.5 Å².